The minimum Gasteiger partial charge on any atom is -0.377 e. The highest BCUT2D eigenvalue weighted by molar-refractivity contribution is 7.07. The maximum absolute atomic E-state index is 6.20. The lowest BCUT2D eigenvalue weighted by Gasteiger charge is -2.39. The Labute approximate surface area is 114 Å². The first-order valence-electron chi connectivity index (χ1n) is 6.85. The third kappa shape index (κ3) is 3.32. The van der Waals surface area contributed by atoms with Crippen LogP contribution in [-0.2, 0) is 4.74 Å². The Morgan fingerprint density at radius 1 is 1.61 bits per heavy atom. The molecule has 1 aliphatic heterocycles. The molecule has 2 rings (SSSR count). The van der Waals surface area contributed by atoms with Gasteiger partial charge < -0.3 is 10.5 Å². The molecule has 0 amide bonds. The second-order valence-electron chi connectivity index (χ2n) is 5.08. The van der Waals surface area contributed by atoms with Gasteiger partial charge in [-0.1, -0.05) is 0 Å². The van der Waals surface area contributed by atoms with Crippen molar-refractivity contribution in [2.45, 2.75) is 44.9 Å². The van der Waals surface area contributed by atoms with Crippen molar-refractivity contribution in [3.8, 4) is 0 Å². The monoisotopic (exact) mass is 268 g/mol. The standard InChI is InChI=1S/C14H24N2OS/c1-3-17-13-5-4-7-16(9-13)14(11(2)15)12-6-8-18-10-12/h6,8,10-11,13-14H,3-5,7,9,15H2,1-2H3. The summed E-state index contributed by atoms with van der Waals surface area (Å²) < 4.78 is 5.78. The van der Waals surface area contributed by atoms with E-state index in [-0.39, 0.29) is 6.04 Å². The summed E-state index contributed by atoms with van der Waals surface area (Å²) in [5, 5.41) is 4.35. The van der Waals surface area contributed by atoms with Crippen LogP contribution in [0.3, 0.4) is 0 Å². The maximum atomic E-state index is 6.20. The van der Waals surface area contributed by atoms with Crippen molar-refractivity contribution in [2.75, 3.05) is 19.7 Å². The Morgan fingerprint density at radius 2 is 2.44 bits per heavy atom. The topological polar surface area (TPSA) is 38.5 Å². The second kappa shape index (κ2) is 6.66. The second-order valence-corrected chi connectivity index (χ2v) is 5.86. The van der Waals surface area contributed by atoms with Gasteiger partial charge in [-0.25, -0.2) is 0 Å². The van der Waals surface area contributed by atoms with E-state index < -0.39 is 0 Å². The van der Waals surface area contributed by atoms with Crippen molar-refractivity contribution < 1.29 is 4.74 Å². The molecule has 0 aromatic carbocycles. The van der Waals surface area contributed by atoms with Crippen molar-refractivity contribution in [3.63, 3.8) is 0 Å². The molecular weight excluding hydrogens is 244 g/mol. The summed E-state index contributed by atoms with van der Waals surface area (Å²) in [6.07, 6.45) is 2.76. The van der Waals surface area contributed by atoms with Gasteiger partial charge in [0, 0.05) is 19.2 Å². The number of likely N-dealkylation sites (tertiary alicyclic amines) is 1. The molecule has 0 radical (unpaired) electrons. The van der Waals surface area contributed by atoms with Gasteiger partial charge >= 0.3 is 0 Å². The van der Waals surface area contributed by atoms with Gasteiger partial charge in [0.25, 0.3) is 0 Å². The van der Waals surface area contributed by atoms with Crippen LogP contribution in [-0.4, -0.2) is 36.7 Å². The van der Waals surface area contributed by atoms with E-state index in [2.05, 4.69) is 35.6 Å². The van der Waals surface area contributed by atoms with Crippen LogP contribution in [0.2, 0.25) is 0 Å². The summed E-state index contributed by atoms with van der Waals surface area (Å²) >= 11 is 1.75. The van der Waals surface area contributed by atoms with Gasteiger partial charge in [-0.3, -0.25) is 4.90 Å². The first-order chi connectivity index (χ1) is 8.72. The molecule has 1 aromatic rings. The summed E-state index contributed by atoms with van der Waals surface area (Å²) in [6.45, 7) is 7.12. The van der Waals surface area contributed by atoms with Crippen molar-refractivity contribution >= 4 is 11.3 Å². The third-order valence-corrected chi connectivity index (χ3v) is 4.29. The Kier molecular flexibility index (Phi) is 5.18. The summed E-state index contributed by atoms with van der Waals surface area (Å²) in [4.78, 5) is 2.50. The number of piperidine rings is 1. The van der Waals surface area contributed by atoms with E-state index >= 15 is 0 Å². The zero-order chi connectivity index (χ0) is 13.0. The molecule has 2 heterocycles. The van der Waals surface area contributed by atoms with Gasteiger partial charge in [0.1, 0.15) is 0 Å². The number of hydrogen-bond acceptors (Lipinski definition) is 4. The van der Waals surface area contributed by atoms with E-state index in [1.165, 1.54) is 18.4 Å². The quantitative estimate of drug-likeness (QED) is 0.892. The average Bonchev–Trinajstić information content (AvgIpc) is 2.83. The fourth-order valence-corrected chi connectivity index (χ4v) is 3.57. The molecule has 3 nitrogen and oxygen atoms in total. The SMILES string of the molecule is CCOC1CCCN(C(c2ccsc2)C(C)N)C1. The van der Waals surface area contributed by atoms with Crippen molar-refractivity contribution in [1.82, 2.24) is 4.90 Å². The van der Waals surface area contributed by atoms with Crippen LogP contribution < -0.4 is 5.73 Å². The summed E-state index contributed by atoms with van der Waals surface area (Å²) in [5.74, 6) is 0. The first kappa shape index (κ1) is 14.0. The number of ether oxygens (including phenoxy) is 1. The van der Waals surface area contributed by atoms with Crippen LogP contribution in [0.15, 0.2) is 16.8 Å². The molecule has 3 atom stereocenters. The largest absolute Gasteiger partial charge is 0.377 e. The molecule has 18 heavy (non-hydrogen) atoms. The molecule has 4 heteroatoms. The molecule has 3 unspecified atom stereocenters. The van der Waals surface area contributed by atoms with Gasteiger partial charge in [0.05, 0.1) is 12.1 Å². The van der Waals surface area contributed by atoms with Crippen molar-refractivity contribution in [2.24, 2.45) is 5.73 Å². The van der Waals surface area contributed by atoms with E-state index in [0.29, 0.717) is 12.1 Å². The van der Waals surface area contributed by atoms with Gasteiger partial charge in [0.2, 0.25) is 0 Å². The van der Waals surface area contributed by atoms with Crippen molar-refractivity contribution in [1.29, 1.82) is 0 Å². The van der Waals surface area contributed by atoms with Crippen LogP contribution in [0.1, 0.15) is 38.3 Å². The average molecular weight is 268 g/mol. The van der Waals surface area contributed by atoms with Crippen LogP contribution in [0.5, 0.6) is 0 Å². The first-order valence-corrected chi connectivity index (χ1v) is 7.80. The lowest BCUT2D eigenvalue weighted by Crippen LogP contribution is -2.46. The van der Waals surface area contributed by atoms with Gasteiger partial charge in [-0.2, -0.15) is 11.3 Å². The zero-order valence-corrected chi connectivity index (χ0v) is 12.2. The highest BCUT2D eigenvalue weighted by atomic mass is 32.1. The predicted molar refractivity (Wildman–Crippen MR) is 76.9 cm³/mol. The molecule has 1 fully saturated rings. The molecule has 0 spiro atoms. The van der Waals surface area contributed by atoms with Crippen LogP contribution in [0, 0.1) is 0 Å². The number of rotatable bonds is 5. The van der Waals surface area contributed by atoms with E-state index in [0.717, 1.165) is 19.7 Å². The maximum Gasteiger partial charge on any atom is 0.0702 e. The van der Waals surface area contributed by atoms with Crippen LogP contribution >= 0.6 is 11.3 Å². The zero-order valence-electron chi connectivity index (χ0n) is 11.3. The number of hydrogen-bond donors (Lipinski definition) is 1. The minimum atomic E-state index is 0.153. The third-order valence-electron chi connectivity index (χ3n) is 3.59. The Balaban J connectivity index is 2.06. The summed E-state index contributed by atoms with van der Waals surface area (Å²) in [5.41, 5.74) is 7.55. The molecule has 1 aromatic heterocycles. The highest BCUT2D eigenvalue weighted by Gasteiger charge is 2.29. The van der Waals surface area contributed by atoms with E-state index in [9.17, 15) is 0 Å². The fourth-order valence-electron chi connectivity index (χ4n) is 2.88. The molecule has 0 saturated carbocycles. The van der Waals surface area contributed by atoms with E-state index in [1.54, 1.807) is 11.3 Å². The van der Waals surface area contributed by atoms with Crippen LogP contribution in [0.25, 0.3) is 0 Å². The normalized spacial score (nSPS) is 24.9. The lowest BCUT2D eigenvalue weighted by atomic mass is 9.98. The Morgan fingerprint density at radius 3 is 3.06 bits per heavy atom. The molecule has 0 bridgehead atoms. The highest BCUT2D eigenvalue weighted by Crippen LogP contribution is 2.29. The summed E-state index contributed by atoms with van der Waals surface area (Å²) in [6, 6.07) is 2.68. The van der Waals surface area contributed by atoms with Crippen molar-refractivity contribution in [3.05, 3.63) is 22.4 Å². The van der Waals surface area contributed by atoms with E-state index in [1.807, 2.05) is 0 Å². The van der Waals surface area contributed by atoms with Gasteiger partial charge in [0.15, 0.2) is 0 Å². The van der Waals surface area contributed by atoms with Gasteiger partial charge in [-0.15, -0.1) is 0 Å². The lowest BCUT2D eigenvalue weighted by molar-refractivity contribution is -0.0105. The molecular formula is C14H24N2OS. The molecule has 2 N–H and O–H groups in total. The number of nitrogens with zero attached hydrogens (tertiary/aromatic N) is 1. The number of nitrogens with two attached hydrogens (primary N) is 1. The fraction of sp³-hybridized carbons (Fsp3) is 0.714. The molecule has 1 saturated heterocycles. The predicted octanol–water partition coefficient (Wildman–Crippen LogP) is 2.64. The smallest absolute Gasteiger partial charge is 0.0702 e. The molecule has 0 aliphatic carbocycles. The minimum absolute atomic E-state index is 0.153. The number of thiophene rings is 1. The van der Waals surface area contributed by atoms with E-state index in [4.69, 9.17) is 10.5 Å². The Bertz CT molecular complexity index is 338. The van der Waals surface area contributed by atoms with Crippen LogP contribution in [0.4, 0.5) is 0 Å². The molecule has 1 aliphatic rings. The molecule has 102 valence electrons. The summed E-state index contributed by atoms with van der Waals surface area (Å²) in [7, 11) is 0. The van der Waals surface area contributed by atoms with Gasteiger partial charge in [-0.05, 0) is 55.6 Å². The Hall–Kier alpha value is -0.420.